The lowest BCUT2D eigenvalue weighted by atomic mass is 10.2. The molecule has 104 valence electrons. The number of rotatable bonds is 3. The molecule has 0 atom stereocenters. The molecule has 0 radical (unpaired) electrons. The van der Waals surface area contributed by atoms with Crippen LogP contribution in [0.2, 0.25) is 20.1 Å². The van der Waals surface area contributed by atoms with Crippen LogP contribution in [0.4, 0.5) is 0 Å². The van der Waals surface area contributed by atoms with Crippen LogP contribution in [-0.2, 0) is 0 Å². The Balaban J connectivity index is 2.48. The van der Waals surface area contributed by atoms with E-state index in [0.29, 0.717) is 0 Å². The summed E-state index contributed by atoms with van der Waals surface area (Å²) in [6.07, 6.45) is 0. The van der Waals surface area contributed by atoms with Crippen LogP contribution in [0.25, 0.3) is 0 Å². The fourth-order valence-corrected chi connectivity index (χ4v) is 2.32. The lowest BCUT2D eigenvalue weighted by Crippen LogP contribution is -2.01. The van der Waals surface area contributed by atoms with Gasteiger partial charge in [-0.25, -0.2) is 4.79 Å². The number of carbonyl (C=O) groups is 1. The van der Waals surface area contributed by atoms with E-state index >= 15 is 0 Å². The van der Waals surface area contributed by atoms with E-state index in [2.05, 4.69) is 0 Å². The zero-order valence-electron chi connectivity index (χ0n) is 9.66. The van der Waals surface area contributed by atoms with Gasteiger partial charge < -0.3 is 9.84 Å². The van der Waals surface area contributed by atoms with Crippen molar-refractivity contribution in [2.45, 2.75) is 0 Å². The molecule has 2 aromatic carbocycles. The maximum atomic E-state index is 11.2. The number of halogens is 4. The molecule has 2 rings (SSSR count). The number of hydrogen-bond donors (Lipinski definition) is 1. The van der Waals surface area contributed by atoms with Crippen molar-refractivity contribution in [2.75, 3.05) is 0 Å². The number of carboxylic acid groups (broad SMARTS) is 1. The van der Waals surface area contributed by atoms with Crippen LogP contribution in [0.1, 0.15) is 10.4 Å². The second kappa shape index (κ2) is 6.10. The topological polar surface area (TPSA) is 46.5 Å². The van der Waals surface area contributed by atoms with Gasteiger partial charge in [-0.05, 0) is 18.2 Å². The van der Waals surface area contributed by atoms with E-state index in [1.165, 1.54) is 24.3 Å². The second-order valence-corrected chi connectivity index (χ2v) is 5.35. The maximum Gasteiger partial charge on any atom is 0.341 e. The molecule has 7 heteroatoms. The van der Waals surface area contributed by atoms with Crippen molar-refractivity contribution in [3.8, 4) is 11.5 Å². The first kappa shape index (κ1) is 15.3. The van der Waals surface area contributed by atoms with Crippen LogP contribution < -0.4 is 4.74 Å². The number of aromatic carboxylic acids is 1. The van der Waals surface area contributed by atoms with Gasteiger partial charge >= 0.3 is 5.97 Å². The predicted octanol–water partition coefficient (Wildman–Crippen LogP) is 5.79. The summed E-state index contributed by atoms with van der Waals surface area (Å²) in [5.74, 6) is -0.960. The Morgan fingerprint density at radius 2 is 1.55 bits per heavy atom. The lowest BCUT2D eigenvalue weighted by Gasteiger charge is -2.11. The van der Waals surface area contributed by atoms with Crippen molar-refractivity contribution < 1.29 is 14.6 Å². The number of ether oxygens (including phenoxy) is 1. The van der Waals surface area contributed by atoms with Gasteiger partial charge in [-0.15, -0.1) is 0 Å². The second-order valence-electron chi connectivity index (χ2n) is 3.72. The first-order valence-electron chi connectivity index (χ1n) is 5.24. The van der Waals surface area contributed by atoms with E-state index in [4.69, 9.17) is 56.2 Å². The van der Waals surface area contributed by atoms with E-state index < -0.39 is 5.97 Å². The Morgan fingerprint density at radius 1 is 0.900 bits per heavy atom. The van der Waals surface area contributed by atoms with Crippen LogP contribution in [0.3, 0.4) is 0 Å². The molecular weight excluding hydrogens is 346 g/mol. The summed E-state index contributed by atoms with van der Waals surface area (Å²) < 4.78 is 5.48. The van der Waals surface area contributed by atoms with Crippen molar-refractivity contribution >= 4 is 52.4 Å². The molecular formula is C13H6Cl4O3. The highest BCUT2D eigenvalue weighted by molar-refractivity contribution is 6.43. The minimum absolute atomic E-state index is 0.0605. The van der Waals surface area contributed by atoms with Gasteiger partial charge in [0, 0.05) is 6.07 Å². The van der Waals surface area contributed by atoms with Crippen LogP contribution >= 0.6 is 46.4 Å². The highest BCUT2D eigenvalue weighted by Gasteiger charge is 2.17. The summed E-state index contributed by atoms with van der Waals surface area (Å²) in [5.41, 5.74) is -0.156. The summed E-state index contributed by atoms with van der Waals surface area (Å²) in [6.45, 7) is 0. The van der Waals surface area contributed by atoms with Gasteiger partial charge in [0.1, 0.15) is 17.1 Å². The van der Waals surface area contributed by atoms with Crippen molar-refractivity contribution in [3.63, 3.8) is 0 Å². The standard InChI is InChI=1S/C13H6Cl4O3/c14-6-2-1-3-10(12(6)13(18)19)20-11-5-8(16)7(15)4-9(11)17/h1-5H,(H,18,19). The molecule has 0 aromatic heterocycles. The molecule has 20 heavy (non-hydrogen) atoms. The van der Waals surface area contributed by atoms with Gasteiger partial charge in [-0.1, -0.05) is 52.5 Å². The molecule has 0 aliphatic heterocycles. The normalized spacial score (nSPS) is 10.4. The van der Waals surface area contributed by atoms with E-state index in [-0.39, 0.29) is 37.2 Å². The van der Waals surface area contributed by atoms with Crippen molar-refractivity contribution in [3.05, 3.63) is 56.0 Å². The molecule has 0 saturated heterocycles. The molecule has 0 saturated carbocycles. The van der Waals surface area contributed by atoms with E-state index in [1.807, 2.05) is 0 Å². The fraction of sp³-hybridized carbons (Fsp3) is 0. The average molecular weight is 352 g/mol. The molecule has 0 amide bonds. The predicted molar refractivity (Wildman–Crippen MR) is 80.0 cm³/mol. The molecule has 0 spiro atoms. The lowest BCUT2D eigenvalue weighted by molar-refractivity contribution is 0.0694. The van der Waals surface area contributed by atoms with Crippen LogP contribution in [0.15, 0.2) is 30.3 Å². The van der Waals surface area contributed by atoms with Gasteiger partial charge in [0.25, 0.3) is 0 Å². The van der Waals surface area contributed by atoms with Crippen molar-refractivity contribution in [2.24, 2.45) is 0 Å². The van der Waals surface area contributed by atoms with Crippen LogP contribution in [0, 0.1) is 0 Å². The van der Waals surface area contributed by atoms with Crippen molar-refractivity contribution in [1.82, 2.24) is 0 Å². The molecule has 2 aromatic rings. The highest BCUT2D eigenvalue weighted by atomic mass is 35.5. The Hall–Kier alpha value is -1.13. The molecule has 0 heterocycles. The van der Waals surface area contributed by atoms with E-state index in [0.717, 1.165) is 0 Å². The maximum absolute atomic E-state index is 11.2. The Bertz CT molecular complexity index is 686. The van der Waals surface area contributed by atoms with Gasteiger partial charge in [0.05, 0.1) is 20.1 Å². The average Bonchev–Trinajstić information content (AvgIpc) is 2.35. The SMILES string of the molecule is O=C(O)c1c(Cl)cccc1Oc1cc(Cl)c(Cl)cc1Cl. The third kappa shape index (κ3) is 3.13. The van der Waals surface area contributed by atoms with E-state index in [9.17, 15) is 4.79 Å². The summed E-state index contributed by atoms with van der Waals surface area (Å²) in [5, 5.41) is 9.93. The van der Waals surface area contributed by atoms with Crippen LogP contribution in [0.5, 0.6) is 11.5 Å². The van der Waals surface area contributed by atoms with Crippen molar-refractivity contribution in [1.29, 1.82) is 0 Å². The first-order chi connectivity index (χ1) is 9.40. The molecule has 0 aliphatic rings. The number of hydrogen-bond acceptors (Lipinski definition) is 2. The molecule has 0 fully saturated rings. The van der Waals surface area contributed by atoms with E-state index in [1.54, 1.807) is 6.07 Å². The summed E-state index contributed by atoms with van der Waals surface area (Å²) in [6, 6.07) is 7.29. The quantitative estimate of drug-likeness (QED) is 0.711. The van der Waals surface area contributed by atoms with Gasteiger partial charge in [-0.2, -0.15) is 0 Å². The highest BCUT2D eigenvalue weighted by Crippen LogP contribution is 2.38. The molecule has 3 nitrogen and oxygen atoms in total. The smallest absolute Gasteiger partial charge is 0.341 e. The molecule has 0 unspecified atom stereocenters. The minimum atomic E-state index is -1.21. The third-order valence-electron chi connectivity index (χ3n) is 2.38. The summed E-state index contributed by atoms with van der Waals surface area (Å²) in [4.78, 5) is 11.2. The monoisotopic (exact) mass is 350 g/mol. The Kier molecular flexibility index (Phi) is 4.66. The first-order valence-corrected chi connectivity index (χ1v) is 6.75. The molecule has 0 aliphatic carbocycles. The number of carboxylic acids is 1. The van der Waals surface area contributed by atoms with Gasteiger partial charge in [-0.3, -0.25) is 0 Å². The fourth-order valence-electron chi connectivity index (χ4n) is 1.50. The van der Waals surface area contributed by atoms with Gasteiger partial charge in [0.15, 0.2) is 0 Å². The minimum Gasteiger partial charge on any atom is -0.478 e. The zero-order valence-corrected chi connectivity index (χ0v) is 12.7. The third-order valence-corrected chi connectivity index (χ3v) is 3.72. The van der Waals surface area contributed by atoms with Gasteiger partial charge in [0.2, 0.25) is 0 Å². The zero-order chi connectivity index (χ0) is 14.9. The Labute approximate surface area is 134 Å². The summed E-state index contributed by atoms with van der Waals surface area (Å²) >= 11 is 23.5. The molecule has 0 bridgehead atoms. The Morgan fingerprint density at radius 3 is 2.20 bits per heavy atom. The number of benzene rings is 2. The summed E-state index contributed by atoms with van der Waals surface area (Å²) in [7, 11) is 0. The van der Waals surface area contributed by atoms with Crippen LogP contribution in [-0.4, -0.2) is 11.1 Å². The largest absolute Gasteiger partial charge is 0.478 e. The molecule has 1 N–H and O–H groups in total.